The van der Waals surface area contributed by atoms with E-state index in [-0.39, 0.29) is 12.6 Å². The lowest BCUT2D eigenvalue weighted by Crippen LogP contribution is -2.31. The van der Waals surface area contributed by atoms with E-state index in [1.807, 2.05) is 18.2 Å². The standard InChI is InChI=1S/C24H21FN4O3/c25-17-7-16(10-27-11-17)15-1-2-21-18(8-15)24(13-31-23(26)29-24)19-9-20(28-12-22(19)32-21)14-3-5-30-6-4-14/h1-2,7-12,14H,3-6,13H2,(H2,26,29)/t24-/m0/s1. The lowest BCUT2D eigenvalue weighted by molar-refractivity contribution is 0.0844. The molecule has 7 nitrogen and oxygen atoms in total. The maximum Gasteiger partial charge on any atom is 0.283 e. The number of ether oxygens (including phenoxy) is 3. The summed E-state index contributed by atoms with van der Waals surface area (Å²) < 4.78 is 31.2. The first-order valence-electron chi connectivity index (χ1n) is 10.6. The molecular weight excluding hydrogens is 411 g/mol. The summed E-state index contributed by atoms with van der Waals surface area (Å²) in [4.78, 5) is 13.4. The molecule has 0 aliphatic carbocycles. The van der Waals surface area contributed by atoms with E-state index in [0.717, 1.165) is 48.4 Å². The van der Waals surface area contributed by atoms with Gasteiger partial charge in [0.15, 0.2) is 11.3 Å². The van der Waals surface area contributed by atoms with E-state index < -0.39 is 11.4 Å². The molecule has 0 amide bonds. The molecule has 3 aromatic rings. The SMILES string of the molecule is NC1=N[C@@]2(CO1)c1cc(-c3cncc(F)c3)ccc1Oc1cnc(C3CCOCC3)cc12. The predicted molar refractivity (Wildman–Crippen MR) is 115 cm³/mol. The number of nitrogens with zero attached hydrogens (tertiary/aromatic N) is 3. The first-order chi connectivity index (χ1) is 15.6. The maximum absolute atomic E-state index is 13.8. The number of rotatable bonds is 2. The van der Waals surface area contributed by atoms with Crippen molar-refractivity contribution >= 4 is 6.02 Å². The van der Waals surface area contributed by atoms with Crippen molar-refractivity contribution in [1.29, 1.82) is 0 Å². The molecule has 1 spiro atoms. The first kappa shape index (κ1) is 19.2. The van der Waals surface area contributed by atoms with Gasteiger partial charge in [0.05, 0.1) is 12.4 Å². The Morgan fingerprint density at radius 2 is 1.81 bits per heavy atom. The number of aliphatic imine (C=N–C) groups is 1. The van der Waals surface area contributed by atoms with Gasteiger partial charge in [-0.05, 0) is 42.7 Å². The normalized spacial score (nSPS) is 22.0. The van der Waals surface area contributed by atoms with E-state index >= 15 is 0 Å². The molecule has 32 heavy (non-hydrogen) atoms. The van der Waals surface area contributed by atoms with Gasteiger partial charge < -0.3 is 19.9 Å². The molecule has 1 aromatic carbocycles. The Kier molecular flexibility index (Phi) is 4.36. The van der Waals surface area contributed by atoms with E-state index in [1.54, 1.807) is 12.4 Å². The van der Waals surface area contributed by atoms with E-state index in [4.69, 9.17) is 24.9 Å². The number of nitrogens with two attached hydrogens (primary N) is 1. The second-order valence-corrected chi connectivity index (χ2v) is 8.30. The number of pyridine rings is 2. The largest absolute Gasteiger partial charge is 0.462 e. The summed E-state index contributed by atoms with van der Waals surface area (Å²) >= 11 is 0. The van der Waals surface area contributed by atoms with Crippen LogP contribution in [-0.4, -0.2) is 35.8 Å². The Morgan fingerprint density at radius 1 is 0.969 bits per heavy atom. The minimum Gasteiger partial charge on any atom is -0.462 e. The van der Waals surface area contributed by atoms with Gasteiger partial charge in [0.1, 0.15) is 18.2 Å². The van der Waals surface area contributed by atoms with Crippen LogP contribution in [0, 0.1) is 5.82 Å². The van der Waals surface area contributed by atoms with Crippen molar-refractivity contribution in [2.24, 2.45) is 10.7 Å². The van der Waals surface area contributed by atoms with E-state index in [9.17, 15) is 4.39 Å². The van der Waals surface area contributed by atoms with Gasteiger partial charge in [0, 0.05) is 47.7 Å². The second kappa shape index (κ2) is 7.27. The fraction of sp³-hybridized carbons (Fsp3) is 0.292. The smallest absolute Gasteiger partial charge is 0.283 e. The Hall–Kier alpha value is -3.52. The van der Waals surface area contributed by atoms with Crippen LogP contribution in [-0.2, 0) is 15.0 Å². The van der Waals surface area contributed by atoms with Gasteiger partial charge in [-0.3, -0.25) is 9.97 Å². The number of amidine groups is 1. The van der Waals surface area contributed by atoms with Gasteiger partial charge in [-0.15, -0.1) is 0 Å². The van der Waals surface area contributed by atoms with Crippen LogP contribution in [0.1, 0.15) is 35.6 Å². The summed E-state index contributed by atoms with van der Waals surface area (Å²) in [5.41, 5.74) is 9.30. The van der Waals surface area contributed by atoms with Gasteiger partial charge in [0.2, 0.25) is 0 Å². The number of aromatic nitrogens is 2. The van der Waals surface area contributed by atoms with Crippen molar-refractivity contribution in [2.45, 2.75) is 24.3 Å². The quantitative estimate of drug-likeness (QED) is 0.661. The average molecular weight is 432 g/mol. The molecular formula is C24H21FN4O3. The zero-order valence-corrected chi connectivity index (χ0v) is 17.3. The van der Waals surface area contributed by atoms with Crippen LogP contribution in [0.5, 0.6) is 11.5 Å². The molecule has 0 saturated carbocycles. The van der Waals surface area contributed by atoms with Gasteiger partial charge in [-0.2, -0.15) is 0 Å². The van der Waals surface area contributed by atoms with Crippen LogP contribution in [0.2, 0.25) is 0 Å². The molecule has 0 bridgehead atoms. The zero-order valence-electron chi connectivity index (χ0n) is 17.3. The molecule has 3 aliphatic rings. The zero-order chi connectivity index (χ0) is 21.7. The van der Waals surface area contributed by atoms with E-state index in [0.29, 0.717) is 23.0 Å². The minimum absolute atomic E-state index is 0.131. The van der Waals surface area contributed by atoms with Crippen LogP contribution < -0.4 is 10.5 Å². The fourth-order valence-corrected chi connectivity index (χ4v) is 4.74. The fourth-order valence-electron chi connectivity index (χ4n) is 4.74. The summed E-state index contributed by atoms with van der Waals surface area (Å²) in [6.07, 6.45) is 6.43. The highest BCUT2D eigenvalue weighted by Crippen LogP contribution is 2.52. The summed E-state index contributed by atoms with van der Waals surface area (Å²) in [7, 11) is 0. The van der Waals surface area contributed by atoms with Crippen LogP contribution in [0.4, 0.5) is 4.39 Å². The Balaban J connectivity index is 1.50. The summed E-state index contributed by atoms with van der Waals surface area (Å²) in [5.74, 6) is 1.21. The Labute approximate surface area is 184 Å². The number of hydrogen-bond acceptors (Lipinski definition) is 7. The Bertz CT molecular complexity index is 1240. The third kappa shape index (κ3) is 3.02. The molecule has 1 atom stereocenters. The molecule has 6 rings (SSSR count). The summed E-state index contributed by atoms with van der Waals surface area (Å²) in [5, 5.41) is 0. The highest BCUT2D eigenvalue weighted by atomic mass is 19.1. The van der Waals surface area contributed by atoms with Gasteiger partial charge in [0.25, 0.3) is 6.02 Å². The second-order valence-electron chi connectivity index (χ2n) is 8.30. The molecule has 2 N–H and O–H groups in total. The molecule has 1 fully saturated rings. The van der Waals surface area contributed by atoms with Crippen molar-refractivity contribution in [1.82, 2.24) is 9.97 Å². The average Bonchev–Trinajstić information content (AvgIpc) is 3.22. The number of benzene rings is 1. The third-order valence-electron chi connectivity index (χ3n) is 6.39. The summed E-state index contributed by atoms with van der Waals surface area (Å²) in [6, 6.07) is 9.34. The molecule has 8 heteroatoms. The van der Waals surface area contributed by atoms with E-state index in [2.05, 4.69) is 16.0 Å². The topological polar surface area (TPSA) is 91.9 Å². The summed E-state index contributed by atoms with van der Waals surface area (Å²) in [6.45, 7) is 1.71. The van der Waals surface area contributed by atoms with Crippen LogP contribution in [0.15, 0.2) is 53.9 Å². The third-order valence-corrected chi connectivity index (χ3v) is 6.39. The van der Waals surface area contributed by atoms with Crippen molar-refractivity contribution in [3.63, 3.8) is 0 Å². The van der Waals surface area contributed by atoms with Crippen molar-refractivity contribution < 1.29 is 18.6 Å². The predicted octanol–water partition coefficient (Wildman–Crippen LogP) is 3.87. The van der Waals surface area contributed by atoms with Gasteiger partial charge >= 0.3 is 0 Å². The van der Waals surface area contributed by atoms with Crippen LogP contribution in [0.3, 0.4) is 0 Å². The molecule has 162 valence electrons. The van der Waals surface area contributed by atoms with E-state index in [1.165, 1.54) is 12.3 Å². The molecule has 3 aliphatic heterocycles. The van der Waals surface area contributed by atoms with Gasteiger partial charge in [-0.1, -0.05) is 6.07 Å². The lowest BCUT2D eigenvalue weighted by atomic mass is 9.79. The highest BCUT2D eigenvalue weighted by Gasteiger charge is 2.47. The number of halogens is 1. The molecule has 0 radical (unpaired) electrons. The molecule has 2 aromatic heterocycles. The Morgan fingerprint density at radius 3 is 2.59 bits per heavy atom. The molecule has 0 unspecified atom stereocenters. The number of hydrogen-bond donors (Lipinski definition) is 1. The van der Waals surface area contributed by atoms with Gasteiger partial charge in [-0.25, -0.2) is 9.38 Å². The maximum atomic E-state index is 13.8. The molecule has 5 heterocycles. The van der Waals surface area contributed by atoms with Crippen LogP contribution >= 0.6 is 0 Å². The molecule has 1 saturated heterocycles. The monoisotopic (exact) mass is 432 g/mol. The highest BCUT2D eigenvalue weighted by molar-refractivity contribution is 5.77. The first-order valence-corrected chi connectivity index (χ1v) is 10.6. The number of fused-ring (bicyclic) bond motifs is 4. The van der Waals surface area contributed by atoms with Crippen molar-refractivity contribution in [3.05, 3.63) is 71.6 Å². The lowest BCUT2D eigenvalue weighted by Gasteiger charge is -2.34. The van der Waals surface area contributed by atoms with Crippen molar-refractivity contribution in [2.75, 3.05) is 19.8 Å². The van der Waals surface area contributed by atoms with Crippen LogP contribution in [0.25, 0.3) is 11.1 Å². The minimum atomic E-state index is -0.855. The van der Waals surface area contributed by atoms with Crippen molar-refractivity contribution in [3.8, 4) is 22.6 Å².